The molecule has 3 aromatic heterocycles. The van der Waals surface area contributed by atoms with E-state index >= 15 is 0 Å². The molecule has 6 rings (SSSR count). The van der Waals surface area contributed by atoms with Gasteiger partial charge >= 0.3 is 0 Å². The molecule has 39 heavy (non-hydrogen) atoms. The third-order valence-corrected chi connectivity index (χ3v) is 6.97. The summed E-state index contributed by atoms with van der Waals surface area (Å²) in [5, 5.41) is 23.3. The zero-order valence-electron chi connectivity index (χ0n) is 20.5. The number of fused-ring (bicyclic) bond motifs is 2. The second-order valence-electron chi connectivity index (χ2n) is 9.17. The molecule has 0 unspecified atom stereocenters. The van der Waals surface area contributed by atoms with Crippen LogP contribution in [-0.2, 0) is 4.74 Å². The van der Waals surface area contributed by atoms with Gasteiger partial charge in [-0.05, 0) is 31.0 Å². The molecule has 0 spiro atoms. The standard InChI is InChI=1S/C28H22ClN5O5/c29-22-9-17(38-23-3-1-2-15-8-19(10-30)39-26(15)23)6-7-20(22)25(36)21-11-31-27-24(21)28(33-14-32-27)34-16-4-5-18(12-35)37-13-16/h1-3,6-9,11,14,16,18,35H,4-5,12-13H2,(H2,31,32,33,34)/t16-,18+/m1/s1. The highest BCUT2D eigenvalue weighted by atomic mass is 35.5. The van der Waals surface area contributed by atoms with Crippen molar-refractivity contribution in [3.63, 3.8) is 0 Å². The summed E-state index contributed by atoms with van der Waals surface area (Å²) in [7, 11) is 0. The summed E-state index contributed by atoms with van der Waals surface area (Å²) < 4.78 is 17.2. The maximum absolute atomic E-state index is 13.6. The number of aromatic amines is 1. The number of ketones is 1. The summed E-state index contributed by atoms with van der Waals surface area (Å²) in [5.41, 5.74) is 1.62. The molecule has 0 amide bonds. The van der Waals surface area contributed by atoms with E-state index in [1.54, 1.807) is 42.6 Å². The molecule has 1 aliphatic rings. The van der Waals surface area contributed by atoms with Crippen LogP contribution in [0.4, 0.5) is 5.82 Å². The SMILES string of the molecule is N#Cc1cc2cccc(Oc3ccc(C(=O)c4c[nH]c5ncnc(N[C@@H]6CC[C@@H](CO)OC6)c45)c(Cl)c3)c2o1. The van der Waals surface area contributed by atoms with Crippen molar-refractivity contribution in [1.29, 1.82) is 5.26 Å². The monoisotopic (exact) mass is 543 g/mol. The average molecular weight is 544 g/mol. The fourth-order valence-corrected chi connectivity index (χ4v) is 4.95. The van der Waals surface area contributed by atoms with E-state index in [1.807, 2.05) is 12.1 Å². The van der Waals surface area contributed by atoms with E-state index in [0.29, 0.717) is 46.1 Å². The number of benzene rings is 2. The van der Waals surface area contributed by atoms with Crippen molar-refractivity contribution in [2.45, 2.75) is 25.0 Å². The van der Waals surface area contributed by atoms with Crippen LogP contribution in [0.3, 0.4) is 0 Å². The minimum absolute atomic E-state index is 0.00776. The highest BCUT2D eigenvalue weighted by molar-refractivity contribution is 6.35. The van der Waals surface area contributed by atoms with Crippen molar-refractivity contribution in [3.8, 4) is 17.6 Å². The minimum Gasteiger partial charge on any atom is -0.453 e. The lowest BCUT2D eigenvalue weighted by atomic mass is 10.0. The fourth-order valence-electron chi connectivity index (χ4n) is 4.70. The first kappa shape index (κ1) is 24.9. The number of furan rings is 1. The van der Waals surface area contributed by atoms with Crippen LogP contribution >= 0.6 is 11.6 Å². The number of hydrogen-bond donors (Lipinski definition) is 3. The van der Waals surface area contributed by atoms with Gasteiger partial charge in [0.05, 0.1) is 41.3 Å². The first-order chi connectivity index (χ1) is 19.0. The Kier molecular flexibility index (Phi) is 6.62. The van der Waals surface area contributed by atoms with Crippen molar-refractivity contribution >= 4 is 45.2 Å². The molecule has 4 heterocycles. The van der Waals surface area contributed by atoms with Gasteiger partial charge in [0.2, 0.25) is 5.76 Å². The number of aliphatic hydroxyl groups excluding tert-OH is 1. The Morgan fingerprint density at radius 1 is 1.23 bits per heavy atom. The van der Waals surface area contributed by atoms with Crippen LogP contribution in [-0.4, -0.2) is 51.2 Å². The predicted molar refractivity (Wildman–Crippen MR) is 143 cm³/mol. The largest absolute Gasteiger partial charge is 0.453 e. The zero-order chi connectivity index (χ0) is 26.9. The minimum atomic E-state index is -0.303. The van der Waals surface area contributed by atoms with E-state index < -0.39 is 0 Å². The van der Waals surface area contributed by atoms with Gasteiger partial charge in [-0.3, -0.25) is 4.79 Å². The van der Waals surface area contributed by atoms with Crippen molar-refractivity contribution < 1.29 is 23.8 Å². The third kappa shape index (κ3) is 4.79. The molecule has 1 saturated heterocycles. The van der Waals surface area contributed by atoms with E-state index in [1.165, 1.54) is 6.33 Å². The number of aliphatic hydroxyl groups is 1. The molecule has 0 radical (unpaired) electrons. The van der Waals surface area contributed by atoms with Crippen molar-refractivity contribution in [2.75, 3.05) is 18.5 Å². The molecule has 2 aromatic carbocycles. The van der Waals surface area contributed by atoms with Gasteiger partial charge in [0.25, 0.3) is 0 Å². The van der Waals surface area contributed by atoms with E-state index in [4.69, 9.17) is 30.8 Å². The van der Waals surface area contributed by atoms with E-state index in [2.05, 4.69) is 20.3 Å². The fraction of sp³-hybridized carbons (Fsp3) is 0.214. The van der Waals surface area contributed by atoms with Crippen LogP contribution in [0.2, 0.25) is 5.02 Å². The number of rotatable bonds is 7. The molecule has 1 fully saturated rings. The lowest BCUT2D eigenvalue weighted by molar-refractivity contribution is -0.0224. The van der Waals surface area contributed by atoms with Crippen LogP contribution in [0.25, 0.3) is 22.0 Å². The molecule has 10 nitrogen and oxygen atoms in total. The van der Waals surface area contributed by atoms with Gasteiger partial charge in [-0.25, -0.2) is 9.97 Å². The van der Waals surface area contributed by atoms with Gasteiger partial charge in [-0.2, -0.15) is 5.26 Å². The van der Waals surface area contributed by atoms with Crippen molar-refractivity contribution in [1.82, 2.24) is 15.0 Å². The number of aromatic nitrogens is 3. The number of nitrogens with one attached hydrogen (secondary N) is 2. The first-order valence-electron chi connectivity index (χ1n) is 12.3. The highest BCUT2D eigenvalue weighted by Gasteiger charge is 2.25. The first-order valence-corrected chi connectivity index (χ1v) is 12.7. The van der Waals surface area contributed by atoms with E-state index in [9.17, 15) is 9.90 Å². The molecule has 1 aliphatic heterocycles. The summed E-state index contributed by atoms with van der Waals surface area (Å²) in [6.07, 6.45) is 4.37. The summed E-state index contributed by atoms with van der Waals surface area (Å²) >= 11 is 6.56. The summed E-state index contributed by atoms with van der Waals surface area (Å²) in [6.45, 7) is 0.410. The Labute approximate surface area is 227 Å². The number of anilines is 1. The van der Waals surface area contributed by atoms with Crippen LogP contribution < -0.4 is 10.1 Å². The van der Waals surface area contributed by atoms with Crippen LogP contribution in [0.5, 0.6) is 11.5 Å². The highest BCUT2D eigenvalue weighted by Crippen LogP contribution is 2.35. The number of hydrogen-bond acceptors (Lipinski definition) is 9. The predicted octanol–water partition coefficient (Wildman–Crippen LogP) is 5.20. The molecule has 0 aliphatic carbocycles. The Bertz CT molecular complexity index is 1730. The maximum Gasteiger partial charge on any atom is 0.205 e. The van der Waals surface area contributed by atoms with Crippen LogP contribution in [0.15, 0.2) is 59.4 Å². The second kappa shape index (κ2) is 10.4. The topological polar surface area (TPSA) is 146 Å². The lowest BCUT2D eigenvalue weighted by Crippen LogP contribution is -2.36. The Hall–Kier alpha value is -4.43. The maximum atomic E-state index is 13.6. The van der Waals surface area contributed by atoms with Gasteiger partial charge in [0.15, 0.2) is 17.1 Å². The van der Waals surface area contributed by atoms with Crippen molar-refractivity contribution in [2.24, 2.45) is 0 Å². The molecule has 11 heteroatoms. The Morgan fingerprint density at radius 2 is 2.13 bits per heavy atom. The number of nitriles is 1. The van der Waals surface area contributed by atoms with E-state index in [-0.39, 0.29) is 40.9 Å². The molecule has 0 bridgehead atoms. The number of H-pyrrole nitrogens is 1. The molecular formula is C28H22ClN5O5. The zero-order valence-corrected chi connectivity index (χ0v) is 21.2. The van der Waals surface area contributed by atoms with Crippen molar-refractivity contribution in [3.05, 3.63) is 76.9 Å². The van der Waals surface area contributed by atoms with Gasteiger partial charge < -0.3 is 29.3 Å². The number of para-hydroxylation sites is 1. The molecular weight excluding hydrogens is 522 g/mol. The number of nitrogens with zero attached hydrogens (tertiary/aromatic N) is 3. The van der Waals surface area contributed by atoms with Crippen LogP contribution in [0.1, 0.15) is 34.5 Å². The number of carbonyl (C=O) groups excluding carboxylic acids is 1. The van der Waals surface area contributed by atoms with Gasteiger partial charge in [0.1, 0.15) is 29.6 Å². The Balaban J connectivity index is 1.26. The van der Waals surface area contributed by atoms with Gasteiger partial charge in [0, 0.05) is 29.3 Å². The molecule has 5 aromatic rings. The lowest BCUT2D eigenvalue weighted by Gasteiger charge is -2.29. The Morgan fingerprint density at radius 3 is 2.90 bits per heavy atom. The molecule has 3 N–H and O–H groups in total. The normalized spacial score (nSPS) is 17.3. The summed E-state index contributed by atoms with van der Waals surface area (Å²) in [6, 6.07) is 13.7. The number of halogens is 1. The molecule has 2 atom stereocenters. The average Bonchev–Trinajstić information content (AvgIpc) is 3.59. The third-order valence-electron chi connectivity index (χ3n) is 6.66. The second-order valence-corrected chi connectivity index (χ2v) is 9.58. The number of ether oxygens (including phenoxy) is 2. The van der Waals surface area contributed by atoms with Gasteiger partial charge in [-0.15, -0.1) is 0 Å². The molecule has 0 saturated carbocycles. The van der Waals surface area contributed by atoms with Gasteiger partial charge in [-0.1, -0.05) is 23.7 Å². The van der Waals surface area contributed by atoms with E-state index in [0.717, 1.165) is 18.2 Å². The number of carbonyl (C=O) groups is 1. The smallest absolute Gasteiger partial charge is 0.205 e. The van der Waals surface area contributed by atoms with Crippen LogP contribution in [0, 0.1) is 11.3 Å². The summed E-state index contributed by atoms with van der Waals surface area (Å²) in [4.78, 5) is 25.3. The quantitative estimate of drug-likeness (QED) is 0.235. The molecule has 196 valence electrons. The summed E-state index contributed by atoms with van der Waals surface area (Å²) in [5.74, 6) is 1.22.